The maximum Gasteiger partial charge on any atom is 0.195 e. The van der Waals surface area contributed by atoms with E-state index in [0.717, 1.165) is 6.07 Å². The first-order valence-corrected chi connectivity index (χ1v) is 4.73. The van der Waals surface area contributed by atoms with E-state index in [2.05, 4.69) is 0 Å². The highest BCUT2D eigenvalue weighted by atomic mass is 19.2. The number of halogens is 3. The van der Waals surface area contributed by atoms with Crippen molar-refractivity contribution >= 4 is 5.78 Å². The third kappa shape index (κ3) is 2.24. The van der Waals surface area contributed by atoms with Gasteiger partial charge in [0, 0.05) is 7.11 Å². The fraction of sp³-hybridized carbons (Fsp3) is 0.364. The molecule has 2 nitrogen and oxygen atoms in total. The SMILES string of the molecule is CCC(OC)C(=O)c1ccc(F)c(F)c1F. The van der Waals surface area contributed by atoms with Crippen LogP contribution in [0, 0.1) is 17.5 Å². The highest BCUT2D eigenvalue weighted by Crippen LogP contribution is 2.18. The van der Waals surface area contributed by atoms with Gasteiger partial charge in [-0.05, 0) is 18.6 Å². The lowest BCUT2D eigenvalue weighted by Gasteiger charge is -2.12. The van der Waals surface area contributed by atoms with Gasteiger partial charge in [-0.15, -0.1) is 0 Å². The Labute approximate surface area is 91.0 Å². The normalized spacial score (nSPS) is 12.6. The second-order valence-corrected chi connectivity index (χ2v) is 3.22. The molecule has 1 aromatic rings. The number of carbonyl (C=O) groups excluding carboxylic acids is 1. The summed E-state index contributed by atoms with van der Waals surface area (Å²) in [6.45, 7) is 1.67. The van der Waals surface area contributed by atoms with Gasteiger partial charge in [0.1, 0.15) is 6.10 Å². The van der Waals surface area contributed by atoms with Crippen LogP contribution in [0.15, 0.2) is 12.1 Å². The van der Waals surface area contributed by atoms with Crippen molar-refractivity contribution in [1.82, 2.24) is 0 Å². The zero-order valence-electron chi connectivity index (χ0n) is 8.89. The van der Waals surface area contributed by atoms with Gasteiger partial charge in [-0.25, -0.2) is 13.2 Å². The molecule has 0 heterocycles. The van der Waals surface area contributed by atoms with Gasteiger partial charge < -0.3 is 4.74 Å². The third-order valence-electron chi connectivity index (χ3n) is 2.25. The van der Waals surface area contributed by atoms with Gasteiger partial charge in [0.25, 0.3) is 0 Å². The van der Waals surface area contributed by atoms with Crippen LogP contribution in [0.25, 0.3) is 0 Å². The van der Waals surface area contributed by atoms with Crippen LogP contribution in [0.1, 0.15) is 23.7 Å². The molecule has 0 saturated carbocycles. The van der Waals surface area contributed by atoms with Crippen LogP contribution in [-0.4, -0.2) is 19.0 Å². The molecule has 88 valence electrons. The van der Waals surface area contributed by atoms with Crippen molar-refractivity contribution in [2.75, 3.05) is 7.11 Å². The van der Waals surface area contributed by atoms with Crippen molar-refractivity contribution in [2.24, 2.45) is 0 Å². The smallest absolute Gasteiger partial charge is 0.195 e. The summed E-state index contributed by atoms with van der Waals surface area (Å²) in [7, 11) is 1.30. The maximum absolute atomic E-state index is 13.3. The molecule has 0 saturated heterocycles. The minimum absolute atomic E-state index is 0.327. The molecule has 1 unspecified atom stereocenters. The second kappa shape index (κ2) is 5.12. The standard InChI is InChI=1S/C11H11F3O2/c1-3-8(16-2)11(15)6-4-5-7(12)10(14)9(6)13/h4-5,8H,3H2,1-2H3. The lowest BCUT2D eigenvalue weighted by atomic mass is 10.0. The van der Waals surface area contributed by atoms with Gasteiger partial charge in [0.15, 0.2) is 23.2 Å². The quantitative estimate of drug-likeness (QED) is 0.589. The average molecular weight is 232 g/mol. The summed E-state index contributed by atoms with van der Waals surface area (Å²) in [5.74, 6) is -5.13. The van der Waals surface area contributed by atoms with Crippen LogP contribution < -0.4 is 0 Å². The summed E-state index contributed by atoms with van der Waals surface area (Å²) in [5, 5.41) is 0. The Hall–Kier alpha value is -1.36. The molecule has 1 atom stereocenters. The molecule has 0 amide bonds. The Kier molecular flexibility index (Phi) is 4.06. The fourth-order valence-electron chi connectivity index (χ4n) is 1.35. The van der Waals surface area contributed by atoms with Crippen LogP contribution >= 0.6 is 0 Å². The van der Waals surface area contributed by atoms with E-state index in [9.17, 15) is 18.0 Å². The van der Waals surface area contributed by atoms with Crippen molar-refractivity contribution in [3.63, 3.8) is 0 Å². The number of Topliss-reactive ketones (excluding diaryl/α,β-unsaturated/α-hetero) is 1. The van der Waals surface area contributed by atoms with Gasteiger partial charge in [-0.3, -0.25) is 4.79 Å². The highest BCUT2D eigenvalue weighted by Gasteiger charge is 2.24. The Bertz CT molecular complexity index is 400. The van der Waals surface area contributed by atoms with E-state index in [1.165, 1.54) is 7.11 Å². The van der Waals surface area contributed by atoms with Crippen molar-refractivity contribution in [1.29, 1.82) is 0 Å². The van der Waals surface area contributed by atoms with E-state index in [-0.39, 0.29) is 0 Å². The molecule has 1 rings (SSSR count). The Balaban J connectivity index is 3.14. The maximum atomic E-state index is 13.3. The minimum atomic E-state index is -1.64. The molecule has 0 aliphatic rings. The molecule has 5 heteroatoms. The van der Waals surface area contributed by atoms with Crippen LogP contribution in [0.3, 0.4) is 0 Å². The summed E-state index contributed by atoms with van der Waals surface area (Å²) in [6.07, 6.45) is -0.521. The van der Waals surface area contributed by atoms with Crippen molar-refractivity contribution < 1.29 is 22.7 Å². The predicted octanol–water partition coefficient (Wildman–Crippen LogP) is 2.71. The zero-order chi connectivity index (χ0) is 12.3. The van der Waals surface area contributed by atoms with E-state index in [1.807, 2.05) is 0 Å². The predicted molar refractivity (Wildman–Crippen MR) is 51.7 cm³/mol. The molecule has 0 aromatic heterocycles. The van der Waals surface area contributed by atoms with E-state index in [1.54, 1.807) is 6.92 Å². The summed E-state index contributed by atoms with van der Waals surface area (Å²) in [6, 6.07) is 1.63. The molecule has 0 aliphatic carbocycles. The number of methoxy groups -OCH3 is 1. The lowest BCUT2D eigenvalue weighted by molar-refractivity contribution is 0.0590. The molecule has 0 fully saturated rings. The fourth-order valence-corrected chi connectivity index (χ4v) is 1.35. The van der Waals surface area contributed by atoms with Crippen LogP contribution in [0.4, 0.5) is 13.2 Å². The number of benzene rings is 1. The molecule has 0 N–H and O–H groups in total. The first-order valence-electron chi connectivity index (χ1n) is 4.73. The highest BCUT2D eigenvalue weighted by molar-refractivity contribution is 5.99. The zero-order valence-corrected chi connectivity index (χ0v) is 8.89. The van der Waals surface area contributed by atoms with Gasteiger partial charge >= 0.3 is 0 Å². The van der Waals surface area contributed by atoms with Crippen molar-refractivity contribution in [3.8, 4) is 0 Å². The Morgan fingerprint density at radius 2 is 1.94 bits per heavy atom. The number of rotatable bonds is 4. The second-order valence-electron chi connectivity index (χ2n) is 3.22. The number of hydrogen-bond acceptors (Lipinski definition) is 2. The number of ketones is 1. The molecule has 0 aliphatic heterocycles. The summed E-state index contributed by atoms with van der Waals surface area (Å²) in [4.78, 5) is 11.6. The van der Waals surface area contributed by atoms with E-state index in [4.69, 9.17) is 4.74 Å². The Morgan fingerprint density at radius 3 is 2.44 bits per heavy atom. The molecule has 0 radical (unpaired) electrons. The minimum Gasteiger partial charge on any atom is -0.373 e. The molecular formula is C11H11F3O2. The van der Waals surface area contributed by atoms with Crippen molar-refractivity contribution in [2.45, 2.75) is 19.4 Å². The van der Waals surface area contributed by atoms with Crippen LogP contribution in [-0.2, 0) is 4.74 Å². The van der Waals surface area contributed by atoms with Gasteiger partial charge in [-0.1, -0.05) is 6.92 Å². The molecule has 0 spiro atoms. The van der Waals surface area contributed by atoms with Crippen LogP contribution in [0.2, 0.25) is 0 Å². The number of ether oxygens (including phenoxy) is 1. The largest absolute Gasteiger partial charge is 0.373 e. The first-order chi connectivity index (χ1) is 7.52. The molecule has 1 aromatic carbocycles. The monoisotopic (exact) mass is 232 g/mol. The van der Waals surface area contributed by atoms with Crippen molar-refractivity contribution in [3.05, 3.63) is 35.1 Å². The van der Waals surface area contributed by atoms with E-state index >= 15 is 0 Å². The molecular weight excluding hydrogens is 221 g/mol. The summed E-state index contributed by atoms with van der Waals surface area (Å²) >= 11 is 0. The topological polar surface area (TPSA) is 26.3 Å². The van der Waals surface area contributed by atoms with E-state index < -0.39 is 34.9 Å². The van der Waals surface area contributed by atoms with Gasteiger partial charge in [-0.2, -0.15) is 0 Å². The van der Waals surface area contributed by atoms with Crippen LogP contribution in [0.5, 0.6) is 0 Å². The Morgan fingerprint density at radius 1 is 1.31 bits per heavy atom. The average Bonchev–Trinajstić information content (AvgIpc) is 2.27. The third-order valence-corrected chi connectivity index (χ3v) is 2.25. The summed E-state index contributed by atoms with van der Waals surface area (Å²) in [5.41, 5.74) is -0.493. The van der Waals surface area contributed by atoms with Gasteiger partial charge in [0.05, 0.1) is 5.56 Å². The lowest BCUT2D eigenvalue weighted by Crippen LogP contribution is -2.23. The molecule has 16 heavy (non-hydrogen) atoms. The molecule has 0 bridgehead atoms. The first kappa shape index (κ1) is 12.7. The summed E-state index contributed by atoms with van der Waals surface area (Å²) < 4.78 is 43.6. The van der Waals surface area contributed by atoms with Gasteiger partial charge in [0.2, 0.25) is 0 Å². The number of carbonyl (C=O) groups is 1. The number of hydrogen-bond donors (Lipinski definition) is 0. The van der Waals surface area contributed by atoms with E-state index in [0.29, 0.717) is 12.5 Å².